The van der Waals surface area contributed by atoms with Crippen LogP contribution >= 0.6 is 0 Å². The van der Waals surface area contributed by atoms with E-state index in [0.29, 0.717) is 17.2 Å². The Kier molecular flexibility index (Phi) is 7.16. The van der Waals surface area contributed by atoms with Crippen molar-refractivity contribution < 1.29 is 33.0 Å². The highest BCUT2D eigenvalue weighted by Crippen LogP contribution is 2.34. The summed E-state index contributed by atoms with van der Waals surface area (Å²) in [5.41, 5.74) is 1.42. The normalized spacial score (nSPS) is 10.3. The second kappa shape index (κ2) is 10.2. The number of hydrogen-bond donors (Lipinski definition) is 1. The van der Waals surface area contributed by atoms with E-state index >= 15 is 0 Å². The van der Waals surface area contributed by atoms with Gasteiger partial charge in [0.1, 0.15) is 19.0 Å². The molecular formula is C23H23NO7. The first kappa shape index (κ1) is 21.8. The summed E-state index contributed by atoms with van der Waals surface area (Å²) in [4.78, 5) is 25.1. The third-order valence-electron chi connectivity index (χ3n) is 4.34. The molecule has 162 valence electrons. The standard InChI is InChI=1S/C23H23NO7/c1-15-6-8-16(9-7-15)29-11-12-31-23(26)17-13-20(27-2)21(28-3)14-18(17)24-22(25)19-5-4-10-30-19/h4-10,13-14H,11-12H2,1-3H3,(H,24,25). The van der Waals surface area contributed by atoms with Gasteiger partial charge in [-0.1, -0.05) is 17.7 Å². The van der Waals surface area contributed by atoms with Crippen LogP contribution in [0.3, 0.4) is 0 Å². The molecule has 0 atom stereocenters. The predicted molar refractivity (Wildman–Crippen MR) is 113 cm³/mol. The van der Waals surface area contributed by atoms with Gasteiger partial charge in [-0.15, -0.1) is 0 Å². The maximum atomic E-state index is 12.7. The van der Waals surface area contributed by atoms with Crippen LogP contribution in [0.25, 0.3) is 0 Å². The molecule has 0 aliphatic carbocycles. The summed E-state index contributed by atoms with van der Waals surface area (Å²) < 4.78 is 26.5. The van der Waals surface area contributed by atoms with Gasteiger partial charge in [-0.2, -0.15) is 0 Å². The lowest BCUT2D eigenvalue weighted by Crippen LogP contribution is -2.17. The van der Waals surface area contributed by atoms with Gasteiger partial charge in [0, 0.05) is 12.1 Å². The van der Waals surface area contributed by atoms with Crippen molar-refractivity contribution in [1.29, 1.82) is 0 Å². The van der Waals surface area contributed by atoms with Crippen LogP contribution in [0.5, 0.6) is 17.2 Å². The average molecular weight is 425 g/mol. The highest BCUT2D eigenvalue weighted by Gasteiger charge is 2.21. The molecule has 1 N–H and O–H groups in total. The molecule has 0 aliphatic heterocycles. The number of nitrogens with one attached hydrogen (secondary N) is 1. The minimum atomic E-state index is -0.650. The number of aryl methyl sites for hydroxylation is 1. The molecule has 0 aliphatic rings. The first-order chi connectivity index (χ1) is 15.0. The molecule has 0 spiro atoms. The van der Waals surface area contributed by atoms with E-state index in [-0.39, 0.29) is 30.2 Å². The third-order valence-corrected chi connectivity index (χ3v) is 4.34. The fourth-order valence-electron chi connectivity index (χ4n) is 2.75. The second-order valence-corrected chi connectivity index (χ2v) is 6.48. The van der Waals surface area contributed by atoms with Gasteiger partial charge < -0.3 is 28.7 Å². The van der Waals surface area contributed by atoms with Crippen LogP contribution in [0.1, 0.15) is 26.5 Å². The fraction of sp³-hybridized carbons (Fsp3) is 0.217. The summed E-state index contributed by atoms with van der Waals surface area (Å²) >= 11 is 0. The van der Waals surface area contributed by atoms with Crippen LogP contribution in [0.15, 0.2) is 59.2 Å². The number of benzene rings is 2. The molecule has 8 nitrogen and oxygen atoms in total. The zero-order chi connectivity index (χ0) is 22.2. The Morgan fingerprint density at radius 2 is 1.68 bits per heavy atom. The number of esters is 1. The number of anilines is 1. The average Bonchev–Trinajstić information content (AvgIpc) is 3.32. The zero-order valence-electron chi connectivity index (χ0n) is 17.5. The lowest BCUT2D eigenvalue weighted by Gasteiger charge is -2.15. The topological polar surface area (TPSA) is 96.2 Å². The molecule has 0 saturated heterocycles. The molecule has 1 heterocycles. The zero-order valence-corrected chi connectivity index (χ0v) is 17.5. The van der Waals surface area contributed by atoms with Crippen LogP contribution in [-0.2, 0) is 4.74 Å². The maximum Gasteiger partial charge on any atom is 0.340 e. The molecule has 3 rings (SSSR count). The number of hydrogen-bond acceptors (Lipinski definition) is 7. The molecular weight excluding hydrogens is 402 g/mol. The lowest BCUT2D eigenvalue weighted by molar-refractivity contribution is 0.0451. The Bertz CT molecular complexity index is 1030. The van der Waals surface area contributed by atoms with Crippen LogP contribution in [0, 0.1) is 6.92 Å². The quantitative estimate of drug-likeness (QED) is 0.407. The van der Waals surface area contributed by atoms with Crippen molar-refractivity contribution >= 4 is 17.6 Å². The molecule has 0 bridgehead atoms. The van der Waals surface area contributed by atoms with E-state index < -0.39 is 11.9 Å². The van der Waals surface area contributed by atoms with Crippen LogP contribution in [0.4, 0.5) is 5.69 Å². The van der Waals surface area contributed by atoms with E-state index in [2.05, 4.69) is 5.32 Å². The molecule has 31 heavy (non-hydrogen) atoms. The minimum Gasteiger partial charge on any atom is -0.493 e. The third kappa shape index (κ3) is 5.57. The predicted octanol–water partition coefficient (Wildman–Crippen LogP) is 4.09. The van der Waals surface area contributed by atoms with Crippen molar-refractivity contribution in [3.8, 4) is 17.2 Å². The molecule has 1 amide bonds. The van der Waals surface area contributed by atoms with Gasteiger partial charge in [-0.05, 0) is 31.2 Å². The van der Waals surface area contributed by atoms with Crippen LogP contribution in [-0.4, -0.2) is 39.3 Å². The van der Waals surface area contributed by atoms with Crippen molar-refractivity contribution in [2.75, 3.05) is 32.8 Å². The van der Waals surface area contributed by atoms with E-state index in [1.165, 1.54) is 38.7 Å². The van der Waals surface area contributed by atoms with Gasteiger partial charge in [0.15, 0.2) is 17.3 Å². The number of furan rings is 1. The smallest absolute Gasteiger partial charge is 0.340 e. The van der Waals surface area contributed by atoms with Gasteiger partial charge in [0.2, 0.25) is 0 Å². The van der Waals surface area contributed by atoms with E-state index in [9.17, 15) is 9.59 Å². The fourth-order valence-corrected chi connectivity index (χ4v) is 2.75. The summed E-state index contributed by atoms with van der Waals surface area (Å²) in [5, 5.41) is 2.64. The summed E-state index contributed by atoms with van der Waals surface area (Å²) in [5.74, 6) is 0.273. The highest BCUT2D eigenvalue weighted by molar-refractivity contribution is 6.07. The lowest BCUT2D eigenvalue weighted by atomic mass is 10.1. The van der Waals surface area contributed by atoms with Crippen molar-refractivity contribution in [3.05, 3.63) is 71.7 Å². The second-order valence-electron chi connectivity index (χ2n) is 6.48. The molecule has 3 aromatic rings. The van der Waals surface area contributed by atoms with Crippen molar-refractivity contribution in [3.63, 3.8) is 0 Å². The molecule has 0 unspecified atom stereocenters. The first-order valence-corrected chi connectivity index (χ1v) is 9.49. The number of carbonyl (C=O) groups excluding carboxylic acids is 2. The van der Waals surface area contributed by atoms with Gasteiger partial charge in [-0.25, -0.2) is 4.79 Å². The Morgan fingerprint density at radius 3 is 2.32 bits per heavy atom. The monoisotopic (exact) mass is 425 g/mol. The van der Waals surface area contributed by atoms with E-state index in [1.54, 1.807) is 6.07 Å². The van der Waals surface area contributed by atoms with Gasteiger partial charge in [0.25, 0.3) is 5.91 Å². The Labute approximate surface area is 179 Å². The molecule has 0 fully saturated rings. The first-order valence-electron chi connectivity index (χ1n) is 9.49. The number of rotatable bonds is 9. The molecule has 0 saturated carbocycles. The summed E-state index contributed by atoms with van der Waals surface area (Å²) in [6, 6.07) is 13.6. The van der Waals surface area contributed by atoms with Crippen molar-refractivity contribution in [2.24, 2.45) is 0 Å². The van der Waals surface area contributed by atoms with Crippen molar-refractivity contribution in [2.45, 2.75) is 6.92 Å². The summed E-state index contributed by atoms with van der Waals surface area (Å²) in [7, 11) is 2.90. The SMILES string of the molecule is COc1cc(NC(=O)c2ccco2)c(C(=O)OCCOc2ccc(C)cc2)cc1OC. The largest absolute Gasteiger partial charge is 0.493 e. The van der Waals surface area contributed by atoms with Crippen LogP contribution in [0.2, 0.25) is 0 Å². The van der Waals surface area contributed by atoms with E-state index in [0.717, 1.165) is 5.56 Å². The molecule has 2 aromatic carbocycles. The van der Waals surface area contributed by atoms with Crippen LogP contribution < -0.4 is 19.5 Å². The van der Waals surface area contributed by atoms with Crippen molar-refractivity contribution in [1.82, 2.24) is 0 Å². The van der Waals surface area contributed by atoms with Gasteiger partial charge in [-0.3, -0.25) is 4.79 Å². The molecule has 8 heteroatoms. The Balaban J connectivity index is 1.71. The molecule has 1 aromatic heterocycles. The molecule has 0 radical (unpaired) electrons. The summed E-state index contributed by atoms with van der Waals surface area (Å²) in [6.07, 6.45) is 1.38. The number of methoxy groups -OCH3 is 2. The maximum absolute atomic E-state index is 12.7. The highest BCUT2D eigenvalue weighted by atomic mass is 16.6. The summed E-state index contributed by atoms with van der Waals surface area (Å²) in [6.45, 7) is 2.18. The Morgan fingerprint density at radius 1 is 0.968 bits per heavy atom. The van der Waals surface area contributed by atoms with E-state index in [1.807, 2.05) is 31.2 Å². The number of ether oxygens (including phenoxy) is 4. The van der Waals surface area contributed by atoms with Gasteiger partial charge in [0.05, 0.1) is 31.7 Å². The van der Waals surface area contributed by atoms with Gasteiger partial charge >= 0.3 is 5.97 Å². The Hall–Kier alpha value is -3.94. The van der Waals surface area contributed by atoms with E-state index in [4.69, 9.17) is 23.4 Å². The number of carbonyl (C=O) groups is 2. The number of amides is 1. The minimum absolute atomic E-state index is 0.0205.